The molecule has 1 aliphatic carbocycles. The number of fused-ring (bicyclic) bond motifs is 2. The third kappa shape index (κ3) is 2.31. The second-order valence-corrected chi connectivity index (χ2v) is 7.74. The Bertz CT molecular complexity index is 678. The van der Waals surface area contributed by atoms with Crippen LogP contribution in [0.4, 0.5) is 0 Å². The van der Waals surface area contributed by atoms with Crippen molar-refractivity contribution in [2.45, 2.75) is 76.4 Å². The normalized spacial score (nSPS) is 26.4. The molecule has 0 saturated heterocycles. The zero-order valence-corrected chi connectivity index (χ0v) is 15.2. The van der Waals surface area contributed by atoms with Crippen LogP contribution in [0.25, 0.3) is 0 Å². The van der Waals surface area contributed by atoms with Gasteiger partial charge in [-0.2, -0.15) is 0 Å². The van der Waals surface area contributed by atoms with Gasteiger partial charge in [0.2, 0.25) is 0 Å². The molecule has 0 spiro atoms. The Morgan fingerprint density at radius 1 is 1.04 bits per heavy atom. The molecule has 0 amide bonds. The van der Waals surface area contributed by atoms with Gasteiger partial charge in [0.15, 0.2) is 11.5 Å². The standard InChI is InChI=1S/C20H26O5/c1-11-9-13-15(20(19(21)22)7-5-4-6-8-20)16-14(10-12(2)24-16)17(23-3)18(13)25-11/h11-12H,4-10H2,1-3H3,(H,21,22). The fraction of sp³-hybridized carbons (Fsp3) is 0.650. The van der Waals surface area contributed by atoms with Crippen LogP contribution in [-0.4, -0.2) is 30.4 Å². The molecule has 4 rings (SSSR count). The highest BCUT2D eigenvalue weighted by Gasteiger charge is 2.49. The van der Waals surface area contributed by atoms with Crippen LogP contribution in [-0.2, 0) is 23.1 Å². The lowest BCUT2D eigenvalue weighted by Crippen LogP contribution is -2.39. The maximum absolute atomic E-state index is 12.5. The summed E-state index contributed by atoms with van der Waals surface area (Å²) in [6.45, 7) is 4.04. The number of hydrogen-bond acceptors (Lipinski definition) is 4. The van der Waals surface area contributed by atoms with E-state index in [-0.39, 0.29) is 12.2 Å². The summed E-state index contributed by atoms with van der Waals surface area (Å²) in [7, 11) is 1.65. The fourth-order valence-corrected chi connectivity index (χ4v) is 4.92. The summed E-state index contributed by atoms with van der Waals surface area (Å²) < 4.78 is 17.9. The molecule has 2 aliphatic heterocycles. The third-order valence-electron chi connectivity index (χ3n) is 5.98. The van der Waals surface area contributed by atoms with Gasteiger partial charge in [-0.3, -0.25) is 4.79 Å². The second-order valence-electron chi connectivity index (χ2n) is 7.74. The van der Waals surface area contributed by atoms with Crippen LogP contribution in [0.3, 0.4) is 0 Å². The monoisotopic (exact) mass is 346 g/mol. The van der Waals surface area contributed by atoms with Crippen LogP contribution >= 0.6 is 0 Å². The molecule has 2 heterocycles. The molecule has 2 unspecified atom stereocenters. The second kappa shape index (κ2) is 5.82. The fourth-order valence-electron chi connectivity index (χ4n) is 4.92. The van der Waals surface area contributed by atoms with Crippen LogP contribution in [0.15, 0.2) is 0 Å². The van der Waals surface area contributed by atoms with E-state index >= 15 is 0 Å². The molecule has 3 aliphatic rings. The number of ether oxygens (including phenoxy) is 3. The molecule has 25 heavy (non-hydrogen) atoms. The highest BCUT2D eigenvalue weighted by atomic mass is 16.5. The van der Waals surface area contributed by atoms with E-state index in [1.165, 1.54) is 0 Å². The largest absolute Gasteiger partial charge is 0.492 e. The Balaban J connectivity index is 2.01. The van der Waals surface area contributed by atoms with Crippen molar-refractivity contribution < 1.29 is 24.1 Å². The van der Waals surface area contributed by atoms with Crippen LogP contribution < -0.4 is 14.2 Å². The molecule has 1 saturated carbocycles. The first-order chi connectivity index (χ1) is 12.0. The van der Waals surface area contributed by atoms with Gasteiger partial charge >= 0.3 is 5.97 Å². The van der Waals surface area contributed by atoms with Crippen LogP contribution in [0.5, 0.6) is 17.2 Å². The minimum absolute atomic E-state index is 0.0250. The Hall–Kier alpha value is -1.91. The van der Waals surface area contributed by atoms with Gasteiger partial charge in [-0.05, 0) is 26.7 Å². The predicted molar refractivity (Wildman–Crippen MR) is 93.0 cm³/mol. The summed E-state index contributed by atoms with van der Waals surface area (Å²) in [6, 6.07) is 0. The molecule has 1 N–H and O–H groups in total. The SMILES string of the molecule is COc1c2c(c(C3(C(=O)O)CCCCC3)c3c1OC(C)C3)OC(C)C2. The first kappa shape index (κ1) is 16.6. The van der Waals surface area contributed by atoms with Crippen LogP contribution in [0, 0.1) is 0 Å². The van der Waals surface area contributed by atoms with Crippen molar-refractivity contribution in [1.82, 2.24) is 0 Å². The van der Waals surface area contributed by atoms with Gasteiger partial charge in [-0.15, -0.1) is 0 Å². The molecule has 1 aromatic rings. The number of benzene rings is 1. The lowest BCUT2D eigenvalue weighted by Gasteiger charge is -2.36. The number of carboxylic acid groups (broad SMARTS) is 1. The van der Waals surface area contributed by atoms with Crippen molar-refractivity contribution in [2.24, 2.45) is 0 Å². The first-order valence-corrected chi connectivity index (χ1v) is 9.31. The molecular weight excluding hydrogens is 320 g/mol. The summed E-state index contributed by atoms with van der Waals surface area (Å²) in [4.78, 5) is 12.5. The molecule has 0 radical (unpaired) electrons. The Labute approximate surface area is 148 Å². The number of rotatable bonds is 3. The minimum atomic E-state index is -0.865. The van der Waals surface area contributed by atoms with Gasteiger partial charge in [-0.1, -0.05) is 19.3 Å². The van der Waals surface area contributed by atoms with Crippen LogP contribution in [0.2, 0.25) is 0 Å². The van der Waals surface area contributed by atoms with Crippen molar-refractivity contribution in [3.05, 3.63) is 16.7 Å². The molecule has 136 valence electrons. The van der Waals surface area contributed by atoms with Gasteiger partial charge in [0.25, 0.3) is 0 Å². The number of hydrogen-bond donors (Lipinski definition) is 1. The Morgan fingerprint density at radius 3 is 2.24 bits per heavy atom. The van der Waals surface area contributed by atoms with E-state index in [1.54, 1.807) is 7.11 Å². The quantitative estimate of drug-likeness (QED) is 0.905. The van der Waals surface area contributed by atoms with E-state index in [4.69, 9.17) is 14.2 Å². The van der Waals surface area contributed by atoms with Gasteiger partial charge in [-0.25, -0.2) is 0 Å². The molecule has 0 aromatic heterocycles. The van der Waals surface area contributed by atoms with E-state index in [9.17, 15) is 9.90 Å². The highest BCUT2D eigenvalue weighted by molar-refractivity contribution is 5.85. The topological polar surface area (TPSA) is 65.0 Å². The van der Waals surface area contributed by atoms with Crippen molar-refractivity contribution in [1.29, 1.82) is 0 Å². The average Bonchev–Trinajstić information content (AvgIpc) is 3.14. The van der Waals surface area contributed by atoms with E-state index in [0.29, 0.717) is 19.3 Å². The van der Waals surface area contributed by atoms with E-state index in [1.807, 2.05) is 13.8 Å². The zero-order valence-electron chi connectivity index (χ0n) is 15.2. The van der Waals surface area contributed by atoms with Crippen molar-refractivity contribution >= 4 is 5.97 Å². The Morgan fingerprint density at radius 2 is 1.64 bits per heavy atom. The molecule has 2 atom stereocenters. The van der Waals surface area contributed by atoms with Gasteiger partial charge in [0, 0.05) is 29.5 Å². The number of carboxylic acids is 1. The molecule has 5 nitrogen and oxygen atoms in total. The van der Waals surface area contributed by atoms with Crippen molar-refractivity contribution in [2.75, 3.05) is 7.11 Å². The van der Waals surface area contributed by atoms with Crippen molar-refractivity contribution in [3.63, 3.8) is 0 Å². The lowest BCUT2D eigenvalue weighted by molar-refractivity contribution is -0.145. The van der Waals surface area contributed by atoms with Gasteiger partial charge in [0.1, 0.15) is 18.0 Å². The summed E-state index contributed by atoms with van der Waals surface area (Å²) >= 11 is 0. The predicted octanol–water partition coefficient (Wildman–Crippen LogP) is 3.63. The molecule has 1 fully saturated rings. The Kier molecular flexibility index (Phi) is 3.85. The van der Waals surface area contributed by atoms with E-state index in [2.05, 4.69) is 0 Å². The van der Waals surface area contributed by atoms with E-state index in [0.717, 1.165) is 59.6 Å². The minimum Gasteiger partial charge on any atom is -0.492 e. The number of carbonyl (C=O) groups is 1. The maximum atomic E-state index is 12.5. The molecule has 0 bridgehead atoms. The molecular formula is C20H26O5. The number of aliphatic carboxylic acids is 1. The first-order valence-electron chi connectivity index (χ1n) is 9.31. The van der Waals surface area contributed by atoms with Crippen LogP contribution in [0.1, 0.15) is 62.6 Å². The molecule has 5 heteroatoms. The van der Waals surface area contributed by atoms with Gasteiger partial charge in [0.05, 0.1) is 12.5 Å². The van der Waals surface area contributed by atoms with Gasteiger partial charge < -0.3 is 19.3 Å². The summed E-state index contributed by atoms with van der Waals surface area (Å²) in [5.41, 5.74) is 1.97. The van der Waals surface area contributed by atoms with Crippen molar-refractivity contribution in [3.8, 4) is 17.2 Å². The zero-order chi connectivity index (χ0) is 17.8. The number of methoxy groups -OCH3 is 1. The molecule has 1 aromatic carbocycles. The summed E-state index contributed by atoms with van der Waals surface area (Å²) in [5.74, 6) is 1.50. The third-order valence-corrected chi connectivity index (χ3v) is 5.98. The summed E-state index contributed by atoms with van der Waals surface area (Å²) in [6.07, 6.45) is 5.79. The highest BCUT2D eigenvalue weighted by Crippen LogP contribution is 2.56. The average molecular weight is 346 g/mol. The lowest BCUT2D eigenvalue weighted by atomic mass is 9.67. The summed E-state index contributed by atoms with van der Waals surface area (Å²) in [5, 5.41) is 10.2. The van der Waals surface area contributed by atoms with E-state index < -0.39 is 11.4 Å². The smallest absolute Gasteiger partial charge is 0.314 e. The maximum Gasteiger partial charge on any atom is 0.314 e.